The first-order valence-electron chi connectivity index (χ1n) is 12.3. The summed E-state index contributed by atoms with van der Waals surface area (Å²) in [5, 5.41) is 1.14. The molecule has 1 fully saturated rings. The van der Waals surface area contributed by atoms with Crippen LogP contribution in [0.3, 0.4) is 0 Å². The van der Waals surface area contributed by atoms with Crippen molar-refractivity contribution in [1.82, 2.24) is 4.90 Å². The second-order valence-corrected chi connectivity index (χ2v) is 13.6. The number of hydrogen-bond donors (Lipinski definition) is 0. The van der Waals surface area contributed by atoms with Crippen molar-refractivity contribution in [3.05, 3.63) is 99.5 Å². The summed E-state index contributed by atoms with van der Waals surface area (Å²) < 4.78 is 24.4. The lowest BCUT2D eigenvalue weighted by molar-refractivity contribution is -0.128. The molecule has 0 spiro atoms. The largest absolute Gasteiger partial charge is 0.331 e. The maximum Gasteiger partial charge on any atom is 0.247 e. The van der Waals surface area contributed by atoms with Gasteiger partial charge in [0.05, 0.1) is 11.5 Å². The standard InChI is InChI=1S/C30H31Cl2NO3S/c1-30(2,3)24-11-6-21(7-12-24)8-15-29(34)33(26-16-17-37(35,36)20-26)19-22-4-9-23(10-5-22)27-14-13-25(31)18-28(27)32/h4-15,18,26H,16-17,19-20H2,1-3H3/b15-8+. The summed E-state index contributed by atoms with van der Waals surface area (Å²) in [5.74, 6) is -0.106. The molecule has 1 saturated heterocycles. The number of benzene rings is 3. The highest BCUT2D eigenvalue weighted by atomic mass is 35.5. The van der Waals surface area contributed by atoms with E-state index in [0.717, 1.165) is 22.3 Å². The molecule has 37 heavy (non-hydrogen) atoms. The van der Waals surface area contributed by atoms with Crippen LogP contribution in [0, 0.1) is 0 Å². The first-order valence-corrected chi connectivity index (χ1v) is 14.8. The molecule has 0 aromatic heterocycles. The first-order chi connectivity index (χ1) is 17.4. The zero-order valence-corrected chi connectivity index (χ0v) is 23.6. The van der Waals surface area contributed by atoms with E-state index >= 15 is 0 Å². The summed E-state index contributed by atoms with van der Waals surface area (Å²) in [4.78, 5) is 15.0. The number of halogens is 2. The number of carbonyl (C=O) groups is 1. The molecule has 0 N–H and O–H groups in total. The predicted molar refractivity (Wildman–Crippen MR) is 154 cm³/mol. The second kappa shape index (κ2) is 11.0. The molecule has 0 radical (unpaired) electrons. The van der Waals surface area contributed by atoms with Gasteiger partial charge in [0, 0.05) is 34.3 Å². The fourth-order valence-electron chi connectivity index (χ4n) is 4.48. The third-order valence-corrected chi connectivity index (χ3v) is 8.97. The molecule has 4 nitrogen and oxygen atoms in total. The van der Waals surface area contributed by atoms with E-state index in [1.807, 2.05) is 42.5 Å². The van der Waals surface area contributed by atoms with E-state index in [2.05, 4.69) is 32.9 Å². The van der Waals surface area contributed by atoms with Crippen molar-refractivity contribution in [3.8, 4) is 11.1 Å². The lowest BCUT2D eigenvalue weighted by Crippen LogP contribution is -2.39. The normalized spacial score (nSPS) is 17.3. The lowest BCUT2D eigenvalue weighted by atomic mass is 9.87. The van der Waals surface area contributed by atoms with Crippen molar-refractivity contribution >= 4 is 45.0 Å². The van der Waals surface area contributed by atoms with Crippen LogP contribution in [0.4, 0.5) is 0 Å². The summed E-state index contributed by atoms with van der Waals surface area (Å²) in [7, 11) is -3.15. The maximum absolute atomic E-state index is 13.3. The van der Waals surface area contributed by atoms with Crippen molar-refractivity contribution < 1.29 is 13.2 Å². The van der Waals surface area contributed by atoms with Crippen molar-refractivity contribution in [2.24, 2.45) is 0 Å². The molecule has 7 heteroatoms. The second-order valence-electron chi connectivity index (χ2n) is 10.5. The Bertz CT molecular complexity index is 1410. The highest BCUT2D eigenvalue weighted by molar-refractivity contribution is 7.91. The van der Waals surface area contributed by atoms with Gasteiger partial charge >= 0.3 is 0 Å². The molecule has 3 aromatic rings. The number of rotatable bonds is 6. The van der Waals surface area contributed by atoms with Crippen LogP contribution in [0.1, 0.15) is 43.9 Å². The maximum atomic E-state index is 13.3. The van der Waals surface area contributed by atoms with E-state index in [1.165, 1.54) is 5.56 Å². The van der Waals surface area contributed by atoms with Crippen molar-refractivity contribution in [1.29, 1.82) is 0 Å². The summed E-state index contributed by atoms with van der Waals surface area (Å²) in [5.41, 5.74) is 4.91. The third-order valence-electron chi connectivity index (χ3n) is 6.68. The molecule has 1 atom stereocenters. The first kappa shape index (κ1) is 27.4. The minimum absolute atomic E-state index is 0.00861. The van der Waals surface area contributed by atoms with Gasteiger partial charge in [0.1, 0.15) is 0 Å². The van der Waals surface area contributed by atoms with Crippen LogP contribution < -0.4 is 0 Å². The minimum Gasteiger partial charge on any atom is -0.331 e. The number of hydrogen-bond acceptors (Lipinski definition) is 3. The molecule has 4 rings (SSSR count). The van der Waals surface area contributed by atoms with Crippen LogP contribution in [-0.2, 0) is 26.6 Å². The predicted octanol–water partition coefficient (Wildman–Crippen LogP) is 7.19. The van der Waals surface area contributed by atoms with Crippen molar-refractivity contribution in [2.45, 2.75) is 45.2 Å². The zero-order chi connectivity index (χ0) is 26.8. The summed E-state index contributed by atoms with van der Waals surface area (Å²) in [6.07, 6.45) is 3.77. The Morgan fingerprint density at radius 2 is 1.68 bits per heavy atom. The molecule has 194 valence electrons. The SMILES string of the molecule is CC(C)(C)c1ccc(/C=C/C(=O)N(Cc2ccc(-c3ccc(Cl)cc3Cl)cc2)C2CCS(=O)(=O)C2)cc1. The molecule has 3 aromatic carbocycles. The van der Waals surface area contributed by atoms with E-state index in [0.29, 0.717) is 23.0 Å². The minimum atomic E-state index is -3.15. The highest BCUT2D eigenvalue weighted by Crippen LogP contribution is 2.31. The van der Waals surface area contributed by atoms with Crippen LogP contribution in [0.15, 0.2) is 72.8 Å². The fraction of sp³-hybridized carbons (Fsp3) is 0.300. The molecule has 1 aliphatic rings. The summed E-state index contributed by atoms with van der Waals surface area (Å²) >= 11 is 12.4. The van der Waals surface area contributed by atoms with Gasteiger partial charge in [-0.25, -0.2) is 8.42 Å². The van der Waals surface area contributed by atoms with Gasteiger partial charge in [0.15, 0.2) is 9.84 Å². The van der Waals surface area contributed by atoms with Gasteiger partial charge in [0.2, 0.25) is 5.91 Å². The Morgan fingerprint density at radius 1 is 1.00 bits per heavy atom. The Kier molecular flexibility index (Phi) is 8.17. The third kappa shape index (κ3) is 7.04. The van der Waals surface area contributed by atoms with E-state index < -0.39 is 9.84 Å². The van der Waals surface area contributed by atoms with E-state index in [1.54, 1.807) is 29.2 Å². The van der Waals surface area contributed by atoms with Gasteiger partial charge in [0.25, 0.3) is 0 Å². The smallest absolute Gasteiger partial charge is 0.247 e. The summed E-state index contributed by atoms with van der Waals surface area (Å²) in [6, 6.07) is 20.9. The average Bonchev–Trinajstić information content (AvgIpc) is 3.20. The Hall–Kier alpha value is -2.60. The van der Waals surface area contributed by atoms with Crippen LogP contribution in [0.5, 0.6) is 0 Å². The summed E-state index contributed by atoms with van der Waals surface area (Å²) in [6.45, 7) is 6.80. The van der Waals surface area contributed by atoms with Gasteiger partial charge in [-0.15, -0.1) is 0 Å². The van der Waals surface area contributed by atoms with Gasteiger partial charge in [-0.05, 0) is 52.3 Å². The van der Waals surface area contributed by atoms with Gasteiger partial charge < -0.3 is 4.90 Å². The monoisotopic (exact) mass is 555 g/mol. The van der Waals surface area contributed by atoms with Crippen LogP contribution >= 0.6 is 23.2 Å². The van der Waals surface area contributed by atoms with E-state index in [4.69, 9.17) is 23.2 Å². The molecule has 0 bridgehead atoms. The average molecular weight is 557 g/mol. The van der Waals surface area contributed by atoms with Gasteiger partial charge in [-0.1, -0.05) is 98.6 Å². The number of sulfone groups is 1. The van der Waals surface area contributed by atoms with Crippen LogP contribution in [0.2, 0.25) is 10.0 Å². The van der Waals surface area contributed by atoms with E-state index in [9.17, 15) is 13.2 Å². The Morgan fingerprint density at radius 3 is 2.24 bits per heavy atom. The number of amides is 1. The van der Waals surface area contributed by atoms with Gasteiger partial charge in [-0.3, -0.25) is 4.79 Å². The molecule has 0 aliphatic carbocycles. The van der Waals surface area contributed by atoms with Crippen LogP contribution in [0.25, 0.3) is 17.2 Å². The fourth-order valence-corrected chi connectivity index (χ4v) is 6.72. The molecule has 1 aliphatic heterocycles. The topological polar surface area (TPSA) is 54.5 Å². The molecule has 1 amide bonds. The zero-order valence-electron chi connectivity index (χ0n) is 21.2. The van der Waals surface area contributed by atoms with Gasteiger partial charge in [-0.2, -0.15) is 0 Å². The molecular weight excluding hydrogens is 525 g/mol. The lowest BCUT2D eigenvalue weighted by Gasteiger charge is -2.27. The van der Waals surface area contributed by atoms with Crippen LogP contribution in [-0.4, -0.2) is 36.8 Å². The van der Waals surface area contributed by atoms with Crippen molar-refractivity contribution in [3.63, 3.8) is 0 Å². The Balaban J connectivity index is 1.54. The number of carbonyl (C=O) groups excluding carboxylic acids is 1. The molecule has 0 saturated carbocycles. The van der Waals surface area contributed by atoms with E-state index in [-0.39, 0.29) is 28.9 Å². The highest BCUT2D eigenvalue weighted by Gasteiger charge is 2.34. The number of nitrogens with zero attached hydrogens (tertiary/aromatic N) is 1. The quantitative estimate of drug-likeness (QED) is 0.302. The Labute approximate surface area is 229 Å². The molecule has 1 heterocycles. The molecule has 1 unspecified atom stereocenters. The van der Waals surface area contributed by atoms with Crippen molar-refractivity contribution in [2.75, 3.05) is 11.5 Å². The molecular formula is C30H31Cl2NO3S.